The van der Waals surface area contributed by atoms with E-state index in [1.165, 1.54) is 6.92 Å². The molecular formula is C5H11FO. The molecule has 0 aromatic carbocycles. The quantitative estimate of drug-likeness (QED) is 0.559. The molecule has 1 N–H and O–H groups in total. The predicted molar refractivity (Wildman–Crippen MR) is 26.9 cm³/mol. The molecule has 0 saturated heterocycles. The summed E-state index contributed by atoms with van der Waals surface area (Å²) >= 11 is 0. The van der Waals surface area contributed by atoms with Gasteiger partial charge in [-0.3, -0.25) is 0 Å². The van der Waals surface area contributed by atoms with Crippen molar-refractivity contribution in [3.05, 3.63) is 0 Å². The highest BCUT2D eigenvalue weighted by atomic mass is 19.1. The molecule has 0 rings (SSSR count). The van der Waals surface area contributed by atoms with E-state index in [9.17, 15) is 4.39 Å². The Kier molecular flexibility index (Phi) is 2.92. The van der Waals surface area contributed by atoms with Gasteiger partial charge in [0.2, 0.25) is 0 Å². The molecule has 7 heavy (non-hydrogen) atoms. The van der Waals surface area contributed by atoms with Gasteiger partial charge < -0.3 is 5.11 Å². The van der Waals surface area contributed by atoms with Gasteiger partial charge in [-0.05, 0) is 13.8 Å². The number of alkyl halides is 1. The highest BCUT2D eigenvalue weighted by molar-refractivity contribution is 4.51. The van der Waals surface area contributed by atoms with Crippen LogP contribution < -0.4 is 0 Å². The Balaban J connectivity index is 2.95. The molecule has 0 saturated carbocycles. The van der Waals surface area contributed by atoms with Gasteiger partial charge in [-0.25, -0.2) is 4.39 Å². The second-order valence-electron chi connectivity index (χ2n) is 1.87. The maximum atomic E-state index is 11.8. The van der Waals surface area contributed by atoms with Crippen LogP contribution in [0.25, 0.3) is 0 Å². The molecule has 44 valence electrons. The molecule has 0 heterocycles. The summed E-state index contributed by atoms with van der Waals surface area (Å²) in [7, 11) is 0. The first-order valence-corrected chi connectivity index (χ1v) is 2.45. The lowest BCUT2D eigenvalue weighted by atomic mass is 10.2. The summed E-state index contributed by atoms with van der Waals surface area (Å²) in [5, 5.41) is 8.48. The second kappa shape index (κ2) is 2.97. The molecule has 0 aromatic heterocycles. The van der Waals surface area contributed by atoms with E-state index in [1.807, 2.05) is 0 Å². The van der Waals surface area contributed by atoms with E-state index in [1.54, 1.807) is 6.92 Å². The highest BCUT2D eigenvalue weighted by Gasteiger charge is 2.00. The van der Waals surface area contributed by atoms with Gasteiger partial charge in [-0.2, -0.15) is 0 Å². The fourth-order valence-corrected chi connectivity index (χ4v) is 0.470. The average Bonchev–Trinajstić information content (AvgIpc) is 1.27. The molecule has 0 aliphatic carbocycles. The number of halogens is 1. The highest BCUT2D eigenvalue weighted by Crippen LogP contribution is 1.98. The molecule has 0 aromatic rings. The predicted octanol–water partition coefficient (Wildman–Crippen LogP) is 1.12. The number of aliphatic hydroxyl groups excluding tert-OH is 1. The van der Waals surface area contributed by atoms with Crippen molar-refractivity contribution in [3.8, 4) is 0 Å². The lowest BCUT2D eigenvalue weighted by Gasteiger charge is -2.01. The van der Waals surface area contributed by atoms with Gasteiger partial charge in [0.1, 0.15) is 0 Å². The summed E-state index contributed by atoms with van der Waals surface area (Å²) in [5.41, 5.74) is 0. The second-order valence-corrected chi connectivity index (χ2v) is 1.87. The monoisotopic (exact) mass is 106 g/mol. The molecule has 0 aliphatic rings. The van der Waals surface area contributed by atoms with Crippen molar-refractivity contribution >= 4 is 0 Å². The lowest BCUT2D eigenvalue weighted by molar-refractivity contribution is 0.148. The van der Waals surface area contributed by atoms with Crippen molar-refractivity contribution in [3.63, 3.8) is 0 Å². The van der Waals surface area contributed by atoms with Crippen molar-refractivity contribution in [2.45, 2.75) is 32.5 Å². The zero-order valence-corrected chi connectivity index (χ0v) is 4.69. The number of aliphatic hydroxyl groups is 1. The van der Waals surface area contributed by atoms with Crippen LogP contribution in [0.1, 0.15) is 20.3 Å². The van der Waals surface area contributed by atoms with Crippen LogP contribution in [0.5, 0.6) is 0 Å². The van der Waals surface area contributed by atoms with Gasteiger partial charge >= 0.3 is 0 Å². The smallest absolute Gasteiger partial charge is 0.0998 e. The zero-order valence-electron chi connectivity index (χ0n) is 4.69. The first-order chi connectivity index (χ1) is 3.13. The van der Waals surface area contributed by atoms with E-state index in [4.69, 9.17) is 5.11 Å². The Labute approximate surface area is 43.2 Å². The van der Waals surface area contributed by atoms with Crippen molar-refractivity contribution < 1.29 is 9.50 Å². The minimum Gasteiger partial charge on any atom is -0.393 e. The lowest BCUT2D eigenvalue weighted by Crippen LogP contribution is -2.06. The van der Waals surface area contributed by atoms with Gasteiger partial charge in [0.25, 0.3) is 0 Å². The molecule has 0 aliphatic heterocycles. The average molecular weight is 106 g/mol. The summed E-state index contributed by atoms with van der Waals surface area (Å²) in [6.07, 6.45) is -1.13. The van der Waals surface area contributed by atoms with Gasteiger partial charge in [0, 0.05) is 6.42 Å². The van der Waals surface area contributed by atoms with Crippen LogP contribution in [0.3, 0.4) is 0 Å². The Morgan fingerprint density at radius 3 is 2.00 bits per heavy atom. The third kappa shape index (κ3) is 5.89. The first kappa shape index (κ1) is 6.89. The number of hydrogen-bond donors (Lipinski definition) is 1. The number of hydrogen-bond acceptors (Lipinski definition) is 1. The largest absolute Gasteiger partial charge is 0.393 e. The fraction of sp³-hybridized carbons (Fsp3) is 1.00. The Morgan fingerprint density at radius 2 is 2.00 bits per heavy atom. The maximum Gasteiger partial charge on any atom is 0.0998 e. The zero-order chi connectivity index (χ0) is 5.86. The van der Waals surface area contributed by atoms with Crippen LogP contribution >= 0.6 is 0 Å². The van der Waals surface area contributed by atoms with Crippen LogP contribution in [0.2, 0.25) is 0 Å². The molecule has 0 spiro atoms. The molecule has 1 nitrogen and oxygen atoms in total. The molecule has 0 bridgehead atoms. The molecule has 0 amide bonds. The topological polar surface area (TPSA) is 20.2 Å². The Morgan fingerprint density at radius 1 is 1.57 bits per heavy atom. The summed E-state index contributed by atoms with van der Waals surface area (Å²) in [6.45, 7) is 3.02. The summed E-state index contributed by atoms with van der Waals surface area (Å²) in [5.74, 6) is 0. The van der Waals surface area contributed by atoms with E-state index in [0.29, 0.717) is 0 Å². The SMILES string of the molecule is C[C@H](O)C[C@@H](C)F. The van der Waals surface area contributed by atoms with Crippen molar-refractivity contribution in [1.29, 1.82) is 0 Å². The van der Waals surface area contributed by atoms with E-state index < -0.39 is 12.3 Å². The van der Waals surface area contributed by atoms with Crippen molar-refractivity contribution in [2.24, 2.45) is 0 Å². The third-order valence-electron chi connectivity index (χ3n) is 0.666. The van der Waals surface area contributed by atoms with Crippen LogP contribution in [0, 0.1) is 0 Å². The van der Waals surface area contributed by atoms with E-state index in [-0.39, 0.29) is 6.42 Å². The standard InChI is InChI=1S/C5H11FO/c1-4(6)3-5(2)7/h4-5,7H,3H2,1-2H3/t4-,5+/m1/s1. The van der Waals surface area contributed by atoms with Gasteiger partial charge in [-0.1, -0.05) is 0 Å². The van der Waals surface area contributed by atoms with Gasteiger partial charge in [0.15, 0.2) is 0 Å². The molecule has 0 unspecified atom stereocenters. The summed E-state index contributed by atoms with van der Waals surface area (Å²) < 4.78 is 11.8. The van der Waals surface area contributed by atoms with Crippen LogP contribution in [0.15, 0.2) is 0 Å². The Bertz CT molecular complexity index is 37.3. The van der Waals surface area contributed by atoms with Crippen LogP contribution in [0.4, 0.5) is 4.39 Å². The van der Waals surface area contributed by atoms with Crippen LogP contribution in [-0.4, -0.2) is 17.4 Å². The molecule has 2 atom stereocenters. The fourth-order valence-electron chi connectivity index (χ4n) is 0.470. The molecular weight excluding hydrogens is 95.1 g/mol. The van der Waals surface area contributed by atoms with Gasteiger partial charge in [0.05, 0.1) is 12.3 Å². The van der Waals surface area contributed by atoms with Crippen LogP contribution in [-0.2, 0) is 0 Å². The minimum atomic E-state index is -0.875. The Hall–Kier alpha value is -0.110. The normalized spacial score (nSPS) is 18.9. The summed E-state index contributed by atoms with van der Waals surface area (Å²) in [4.78, 5) is 0. The first-order valence-electron chi connectivity index (χ1n) is 2.45. The van der Waals surface area contributed by atoms with E-state index in [0.717, 1.165) is 0 Å². The molecule has 0 radical (unpaired) electrons. The van der Waals surface area contributed by atoms with Crippen molar-refractivity contribution in [2.75, 3.05) is 0 Å². The van der Waals surface area contributed by atoms with Crippen molar-refractivity contribution in [1.82, 2.24) is 0 Å². The molecule has 0 fully saturated rings. The summed E-state index contributed by atoms with van der Waals surface area (Å²) in [6, 6.07) is 0. The van der Waals surface area contributed by atoms with E-state index >= 15 is 0 Å². The van der Waals surface area contributed by atoms with Gasteiger partial charge in [-0.15, -0.1) is 0 Å². The minimum absolute atomic E-state index is 0.250. The maximum absolute atomic E-state index is 11.8. The third-order valence-corrected chi connectivity index (χ3v) is 0.666. The number of rotatable bonds is 2. The molecule has 2 heteroatoms. The van der Waals surface area contributed by atoms with E-state index in [2.05, 4.69) is 0 Å².